The lowest BCUT2D eigenvalue weighted by Crippen LogP contribution is -2.20. The fourth-order valence-corrected chi connectivity index (χ4v) is 3.78. The second-order valence-corrected chi connectivity index (χ2v) is 8.50. The first-order valence-corrected chi connectivity index (χ1v) is 11.6. The third kappa shape index (κ3) is 5.06. The third-order valence-corrected chi connectivity index (χ3v) is 6.20. The largest absolute Gasteiger partial charge is 0.380 e. The van der Waals surface area contributed by atoms with Gasteiger partial charge in [0.15, 0.2) is 11.5 Å². The third-order valence-electron chi connectivity index (χ3n) is 4.62. The molecule has 4 aromatic rings. The number of nitrogens with zero attached hydrogens (tertiary/aromatic N) is 3. The van der Waals surface area contributed by atoms with Crippen LogP contribution in [0.4, 0.5) is 5.69 Å². The summed E-state index contributed by atoms with van der Waals surface area (Å²) in [5.74, 6) is 0.504. The molecule has 1 amide bonds. The van der Waals surface area contributed by atoms with Gasteiger partial charge in [-0.3, -0.25) is 9.89 Å². The maximum absolute atomic E-state index is 12.1. The molecular weight excluding hydrogens is 498 g/mol. The van der Waals surface area contributed by atoms with Crippen LogP contribution in [-0.4, -0.2) is 36.5 Å². The van der Waals surface area contributed by atoms with Gasteiger partial charge in [-0.05, 0) is 71.2 Å². The van der Waals surface area contributed by atoms with Crippen molar-refractivity contribution in [2.45, 2.75) is 20.3 Å². The number of fused-ring (bicyclic) bond motifs is 1. The highest BCUT2D eigenvalue weighted by Gasteiger charge is 2.13. The molecule has 2 N–H and O–H groups in total. The summed E-state index contributed by atoms with van der Waals surface area (Å²) in [6.07, 6.45) is 0.897. The number of aryl methyl sites for hydroxylation is 2. The Balaban J connectivity index is 1.29. The lowest BCUT2D eigenvalue weighted by atomic mass is 10.2. The fraction of sp³-hybridized carbons (Fsp3) is 0.190. The molecule has 4 rings (SSSR count). The number of hydrogen-bond donors (Lipinski definition) is 2. The molecule has 166 valence electrons. The van der Waals surface area contributed by atoms with E-state index in [-0.39, 0.29) is 0 Å². The van der Waals surface area contributed by atoms with Crippen LogP contribution in [0, 0.1) is 6.92 Å². The van der Waals surface area contributed by atoms with Crippen LogP contribution in [0.3, 0.4) is 0 Å². The monoisotopic (exact) mass is 517 g/mol. The zero-order valence-corrected chi connectivity index (χ0v) is 19.7. The Labute approximate surface area is 195 Å². The van der Waals surface area contributed by atoms with Gasteiger partial charge in [0.1, 0.15) is 12.4 Å². The molecule has 2 aromatic heterocycles. The van der Waals surface area contributed by atoms with Crippen molar-refractivity contribution >= 4 is 44.5 Å². The lowest BCUT2D eigenvalue weighted by Gasteiger charge is -2.07. The lowest BCUT2D eigenvalue weighted by molar-refractivity contribution is -0.118. The van der Waals surface area contributed by atoms with Crippen molar-refractivity contribution in [2.75, 3.05) is 11.9 Å². The molecule has 0 spiro atoms. The molecule has 11 heteroatoms. The van der Waals surface area contributed by atoms with Crippen LogP contribution < -0.4 is 9.50 Å². The molecule has 9 nitrogen and oxygen atoms in total. The highest BCUT2D eigenvalue weighted by molar-refractivity contribution is 9.10. The number of aromatic nitrogens is 4. The van der Waals surface area contributed by atoms with Gasteiger partial charge in [0.05, 0.1) is 4.47 Å². The number of carbonyl (C=O) groups is 1. The maximum Gasteiger partial charge on any atom is 0.360 e. The van der Waals surface area contributed by atoms with Gasteiger partial charge in [-0.2, -0.15) is 8.84 Å². The number of hydrogen-bond acceptors (Lipinski definition) is 6. The van der Waals surface area contributed by atoms with E-state index in [0.29, 0.717) is 22.9 Å². The van der Waals surface area contributed by atoms with E-state index in [0.717, 1.165) is 27.7 Å². The number of H-pyrrole nitrogens is 1. The first-order chi connectivity index (χ1) is 15.4. The van der Waals surface area contributed by atoms with Crippen LogP contribution in [0.25, 0.3) is 17.0 Å². The normalized spacial score (nSPS) is 12.1. The zero-order valence-electron chi connectivity index (χ0n) is 17.3. The molecule has 2 aromatic carbocycles. The summed E-state index contributed by atoms with van der Waals surface area (Å²) in [6.45, 7) is 3.55. The molecule has 2 heterocycles. The van der Waals surface area contributed by atoms with E-state index in [1.807, 2.05) is 26.0 Å². The van der Waals surface area contributed by atoms with Gasteiger partial charge < -0.3 is 9.50 Å². The Morgan fingerprint density at radius 1 is 1.19 bits per heavy atom. The Kier molecular flexibility index (Phi) is 6.68. The fourth-order valence-electron chi connectivity index (χ4n) is 2.91. The van der Waals surface area contributed by atoms with Crippen LogP contribution in [0.5, 0.6) is 5.75 Å². The Morgan fingerprint density at radius 3 is 2.56 bits per heavy atom. The number of benzene rings is 2. The van der Waals surface area contributed by atoms with E-state index in [1.165, 1.54) is 0 Å². The van der Waals surface area contributed by atoms with Gasteiger partial charge in [-0.15, -0.1) is 5.10 Å². The predicted octanol–water partition coefficient (Wildman–Crippen LogP) is 3.97. The molecule has 0 aliphatic heterocycles. The van der Waals surface area contributed by atoms with Gasteiger partial charge >= 0.3 is 11.4 Å². The van der Waals surface area contributed by atoms with Crippen LogP contribution in [0.2, 0.25) is 0 Å². The van der Waals surface area contributed by atoms with Crippen LogP contribution in [0.1, 0.15) is 18.2 Å². The van der Waals surface area contributed by atoms with Crippen molar-refractivity contribution < 1.29 is 17.4 Å². The number of amides is 1. The Hall–Kier alpha value is -3.02. The minimum atomic E-state index is -2.08. The zero-order chi connectivity index (χ0) is 22.7. The van der Waals surface area contributed by atoms with E-state index >= 15 is 0 Å². The standard InChI is InChI=1S/C21H20BrN5O4S/c1-3-14-4-10-17(11-5-14)31-32(29)30-12-18(28)23-16-8-6-15(7-9-16)20-24-21-19(22)13(2)25-27(21)26-20/h4-11,25H,3,12H2,1-2H3,(H,23,28). The molecule has 0 saturated heterocycles. The molecule has 32 heavy (non-hydrogen) atoms. The second kappa shape index (κ2) is 9.63. The molecule has 0 bridgehead atoms. The van der Waals surface area contributed by atoms with Crippen molar-refractivity contribution in [3.05, 3.63) is 64.3 Å². The van der Waals surface area contributed by atoms with E-state index < -0.39 is 23.9 Å². The topological polar surface area (TPSA) is 111 Å². The molecule has 0 fully saturated rings. The van der Waals surface area contributed by atoms with E-state index in [9.17, 15) is 9.00 Å². The quantitative estimate of drug-likeness (QED) is 0.365. The first kappa shape index (κ1) is 22.2. The predicted molar refractivity (Wildman–Crippen MR) is 124 cm³/mol. The molecule has 0 aliphatic carbocycles. The van der Waals surface area contributed by atoms with Gasteiger partial charge in [0, 0.05) is 16.9 Å². The van der Waals surface area contributed by atoms with Crippen LogP contribution in [-0.2, 0) is 26.8 Å². The van der Waals surface area contributed by atoms with Crippen molar-refractivity contribution in [1.82, 2.24) is 19.8 Å². The number of carbonyl (C=O) groups excluding carboxylic acids is 1. The van der Waals surface area contributed by atoms with Crippen LogP contribution in [0.15, 0.2) is 53.0 Å². The second-order valence-electron chi connectivity index (χ2n) is 6.89. The number of aromatic amines is 1. The van der Waals surface area contributed by atoms with Gasteiger partial charge in [0.25, 0.3) is 5.91 Å². The maximum atomic E-state index is 12.1. The number of nitrogens with one attached hydrogen (secondary N) is 2. The van der Waals surface area contributed by atoms with Gasteiger partial charge in [-0.1, -0.05) is 19.1 Å². The smallest absolute Gasteiger partial charge is 0.360 e. The summed E-state index contributed by atoms with van der Waals surface area (Å²) in [7, 11) is 0. The summed E-state index contributed by atoms with van der Waals surface area (Å²) in [4.78, 5) is 16.6. The summed E-state index contributed by atoms with van der Waals surface area (Å²) in [6, 6.07) is 14.2. The summed E-state index contributed by atoms with van der Waals surface area (Å²) < 4.78 is 24.5. The minimum absolute atomic E-state index is 0.406. The molecular formula is C21H20BrN5O4S. The van der Waals surface area contributed by atoms with Crippen molar-refractivity contribution in [1.29, 1.82) is 0 Å². The van der Waals surface area contributed by atoms with Gasteiger partial charge in [0.2, 0.25) is 0 Å². The average Bonchev–Trinajstić information content (AvgIpc) is 3.32. The first-order valence-electron chi connectivity index (χ1n) is 9.76. The molecule has 0 aliphatic rings. The highest BCUT2D eigenvalue weighted by Crippen LogP contribution is 2.24. The highest BCUT2D eigenvalue weighted by atomic mass is 79.9. The molecule has 1 atom stereocenters. The van der Waals surface area contributed by atoms with Gasteiger partial charge in [-0.25, -0.2) is 9.17 Å². The average molecular weight is 518 g/mol. The molecule has 0 radical (unpaired) electrons. The van der Waals surface area contributed by atoms with E-state index in [1.54, 1.807) is 41.0 Å². The minimum Gasteiger partial charge on any atom is -0.380 e. The number of rotatable bonds is 8. The van der Waals surface area contributed by atoms with Crippen molar-refractivity contribution in [3.8, 4) is 17.1 Å². The molecule has 0 saturated carbocycles. The summed E-state index contributed by atoms with van der Waals surface area (Å²) in [5, 5.41) is 10.2. The van der Waals surface area contributed by atoms with E-state index in [4.69, 9.17) is 8.37 Å². The summed E-state index contributed by atoms with van der Waals surface area (Å²) in [5.41, 5.74) is 4.13. The molecule has 1 unspecified atom stereocenters. The number of anilines is 1. The summed E-state index contributed by atoms with van der Waals surface area (Å²) >= 11 is 1.40. The Morgan fingerprint density at radius 2 is 1.91 bits per heavy atom. The van der Waals surface area contributed by atoms with Crippen molar-refractivity contribution in [3.63, 3.8) is 0 Å². The van der Waals surface area contributed by atoms with E-state index in [2.05, 4.69) is 36.4 Å². The van der Waals surface area contributed by atoms with Crippen molar-refractivity contribution in [2.24, 2.45) is 0 Å². The number of halogens is 1. The Bertz CT molecular complexity index is 1270. The van der Waals surface area contributed by atoms with Crippen LogP contribution >= 0.6 is 15.9 Å². The SMILES string of the molecule is CCc1ccc(OS(=O)OCC(=O)Nc2ccc(-c3nc4c(Br)c(C)[nH]n4n3)cc2)cc1.